The second kappa shape index (κ2) is 13.3. The normalized spacial score (nSPS) is 17.5. The molecular weight excluding hydrogens is 567 g/mol. The smallest absolute Gasteiger partial charge is 0.475 e. The third kappa shape index (κ3) is 10.5. The Bertz CT molecular complexity index is 1070. The Hall–Kier alpha value is -3.12. The van der Waals surface area contributed by atoms with Crippen molar-refractivity contribution in [2.75, 3.05) is 37.7 Å². The van der Waals surface area contributed by atoms with Gasteiger partial charge in [-0.05, 0) is 19.8 Å². The standard InChI is InChI=1S/C17H22FN5OS.2C2HF3O2/c1-13-21-15(11-25-13)10-22-4-2-17(3-5-22)12-23(6-7-24-17)16-19-8-14(18)9-20-16;2*3-2(4,5)1(6)7/h8-9,11H,2-7,10,12H2,1H3;2*(H,6,7). The second-order valence-corrected chi connectivity index (χ2v) is 9.46. The average molecular weight is 592 g/mol. The van der Waals surface area contributed by atoms with E-state index in [0.717, 1.165) is 56.3 Å². The van der Waals surface area contributed by atoms with E-state index in [0.29, 0.717) is 12.6 Å². The summed E-state index contributed by atoms with van der Waals surface area (Å²) in [7, 11) is 0. The van der Waals surface area contributed by atoms with E-state index in [-0.39, 0.29) is 5.60 Å². The van der Waals surface area contributed by atoms with E-state index >= 15 is 0 Å². The van der Waals surface area contributed by atoms with Crippen LogP contribution >= 0.6 is 11.3 Å². The molecule has 0 radical (unpaired) electrons. The number of aromatic nitrogens is 3. The number of carboxylic acids is 2. The molecule has 0 aromatic carbocycles. The number of alkyl halides is 6. The van der Waals surface area contributed by atoms with Gasteiger partial charge in [-0.15, -0.1) is 11.3 Å². The number of rotatable bonds is 3. The molecule has 0 aliphatic carbocycles. The van der Waals surface area contributed by atoms with Crippen molar-refractivity contribution in [3.8, 4) is 0 Å². The van der Waals surface area contributed by atoms with Crippen LogP contribution in [0.25, 0.3) is 0 Å². The van der Waals surface area contributed by atoms with Gasteiger partial charge in [-0.25, -0.2) is 28.9 Å². The van der Waals surface area contributed by atoms with Crippen LogP contribution in [0.1, 0.15) is 23.5 Å². The molecule has 2 aromatic rings. The number of hydrogen-bond acceptors (Lipinski definition) is 9. The van der Waals surface area contributed by atoms with E-state index in [1.807, 2.05) is 6.92 Å². The summed E-state index contributed by atoms with van der Waals surface area (Å²) in [5.74, 6) is -5.33. The number of anilines is 1. The van der Waals surface area contributed by atoms with E-state index in [9.17, 15) is 30.7 Å². The zero-order chi connectivity index (χ0) is 29.4. The van der Waals surface area contributed by atoms with Crippen LogP contribution in [0.15, 0.2) is 17.8 Å². The predicted octanol–water partition coefficient (Wildman–Crippen LogP) is 3.52. The number of carbonyl (C=O) groups is 2. The average Bonchev–Trinajstić information content (AvgIpc) is 3.25. The van der Waals surface area contributed by atoms with Crippen molar-refractivity contribution in [2.45, 2.75) is 44.3 Å². The number of nitrogens with zero attached hydrogens (tertiary/aromatic N) is 5. The molecule has 2 saturated heterocycles. The molecule has 2 N–H and O–H groups in total. The highest BCUT2D eigenvalue weighted by atomic mass is 32.1. The van der Waals surface area contributed by atoms with Gasteiger partial charge in [0, 0.05) is 31.6 Å². The highest BCUT2D eigenvalue weighted by Crippen LogP contribution is 2.32. The lowest BCUT2D eigenvalue weighted by Gasteiger charge is -2.47. The van der Waals surface area contributed by atoms with Crippen molar-refractivity contribution in [3.63, 3.8) is 0 Å². The van der Waals surface area contributed by atoms with Gasteiger partial charge in [0.2, 0.25) is 5.95 Å². The molecule has 39 heavy (non-hydrogen) atoms. The van der Waals surface area contributed by atoms with E-state index < -0.39 is 30.1 Å². The maximum atomic E-state index is 13.0. The molecular formula is C21H24F7N5O5S. The highest BCUT2D eigenvalue weighted by Gasteiger charge is 2.41. The van der Waals surface area contributed by atoms with Gasteiger partial charge in [0.1, 0.15) is 0 Å². The van der Waals surface area contributed by atoms with Crippen molar-refractivity contribution < 1.29 is 55.3 Å². The van der Waals surface area contributed by atoms with Crippen molar-refractivity contribution in [1.82, 2.24) is 19.9 Å². The number of aryl methyl sites for hydroxylation is 1. The van der Waals surface area contributed by atoms with Crippen molar-refractivity contribution in [3.05, 3.63) is 34.3 Å². The zero-order valence-electron chi connectivity index (χ0n) is 20.3. The van der Waals surface area contributed by atoms with Crippen LogP contribution in [0.5, 0.6) is 0 Å². The van der Waals surface area contributed by atoms with Crippen LogP contribution in [-0.2, 0) is 20.9 Å². The largest absolute Gasteiger partial charge is 0.490 e. The molecule has 2 aliphatic rings. The lowest BCUT2D eigenvalue weighted by Crippen LogP contribution is -2.57. The van der Waals surface area contributed by atoms with Gasteiger partial charge in [0.15, 0.2) is 5.82 Å². The first kappa shape index (κ1) is 32.1. The van der Waals surface area contributed by atoms with E-state index in [1.165, 1.54) is 12.4 Å². The fourth-order valence-corrected chi connectivity index (χ4v) is 4.22. The number of hydrogen-bond donors (Lipinski definition) is 2. The molecule has 2 aliphatic heterocycles. The topological polar surface area (TPSA) is 129 Å². The molecule has 218 valence electrons. The van der Waals surface area contributed by atoms with E-state index in [1.54, 1.807) is 11.3 Å². The first-order valence-electron chi connectivity index (χ1n) is 11.1. The molecule has 0 unspecified atom stereocenters. The number of likely N-dealkylation sites (tertiary alicyclic amines) is 1. The first-order chi connectivity index (χ1) is 18.0. The Morgan fingerprint density at radius 1 is 1.03 bits per heavy atom. The van der Waals surface area contributed by atoms with Crippen LogP contribution in [0, 0.1) is 12.7 Å². The highest BCUT2D eigenvalue weighted by molar-refractivity contribution is 7.09. The minimum Gasteiger partial charge on any atom is -0.475 e. The molecule has 2 aromatic heterocycles. The van der Waals surface area contributed by atoms with Crippen molar-refractivity contribution >= 4 is 29.2 Å². The Morgan fingerprint density at radius 3 is 1.97 bits per heavy atom. The first-order valence-corrected chi connectivity index (χ1v) is 12.0. The lowest BCUT2D eigenvalue weighted by molar-refractivity contribution is -0.193. The Labute approximate surface area is 221 Å². The maximum absolute atomic E-state index is 13.0. The fourth-order valence-electron chi connectivity index (χ4n) is 3.62. The third-order valence-corrected chi connectivity index (χ3v) is 6.26. The van der Waals surface area contributed by atoms with Crippen LogP contribution in [0.4, 0.5) is 36.7 Å². The van der Waals surface area contributed by atoms with Gasteiger partial charge in [-0.2, -0.15) is 26.3 Å². The number of aliphatic carboxylic acids is 2. The number of carboxylic acid groups (broad SMARTS) is 2. The fraction of sp³-hybridized carbons (Fsp3) is 0.571. The minimum atomic E-state index is -5.08. The molecule has 2 fully saturated rings. The summed E-state index contributed by atoms with van der Waals surface area (Å²) in [6.07, 6.45) is -5.76. The summed E-state index contributed by atoms with van der Waals surface area (Å²) in [4.78, 5) is 35.1. The van der Waals surface area contributed by atoms with Gasteiger partial charge in [-0.1, -0.05) is 0 Å². The van der Waals surface area contributed by atoms with Gasteiger partial charge in [0.05, 0.1) is 41.8 Å². The number of thiazole rings is 1. The summed E-state index contributed by atoms with van der Waals surface area (Å²) < 4.78 is 82.7. The van der Waals surface area contributed by atoms with E-state index in [4.69, 9.17) is 24.5 Å². The van der Waals surface area contributed by atoms with Crippen LogP contribution < -0.4 is 4.90 Å². The summed E-state index contributed by atoms with van der Waals surface area (Å²) in [6, 6.07) is 0. The summed E-state index contributed by atoms with van der Waals surface area (Å²) in [5.41, 5.74) is 1.01. The number of halogens is 7. The molecule has 0 saturated carbocycles. The molecule has 4 heterocycles. The van der Waals surface area contributed by atoms with Crippen LogP contribution in [0.2, 0.25) is 0 Å². The monoisotopic (exact) mass is 591 g/mol. The predicted molar refractivity (Wildman–Crippen MR) is 122 cm³/mol. The van der Waals surface area contributed by atoms with Gasteiger partial charge in [0.25, 0.3) is 0 Å². The molecule has 1 spiro atoms. The summed E-state index contributed by atoms with van der Waals surface area (Å²) in [6.45, 7) is 7.11. The molecule has 10 nitrogen and oxygen atoms in total. The number of ether oxygens (including phenoxy) is 1. The molecule has 0 atom stereocenters. The van der Waals surface area contributed by atoms with Crippen molar-refractivity contribution in [1.29, 1.82) is 0 Å². The lowest BCUT2D eigenvalue weighted by atomic mass is 9.89. The number of morpholine rings is 1. The molecule has 18 heteroatoms. The van der Waals surface area contributed by atoms with Crippen LogP contribution in [0.3, 0.4) is 0 Å². The number of piperidine rings is 1. The van der Waals surface area contributed by atoms with Gasteiger partial charge in [-0.3, -0.25) is 4.90 Å². The summed E-state index contributed by atoms with van der Waals surface area (Å²) in [5, 5.41) is 17.5. The minimum absolute atomic E-state index is 0.148. The third-order valence-electron chi connectivity index (χ3n) is 5.44. The second-order valence-electron chi connectivity index (χ2n) is 8.39. The zero-order valence-corrected chi connectivity index (χ0v) is 21.1. The molecule has 0 amide bonds. The van der Waals surface area contributed by atoms with Crippen LogP contribution in [-0.4, -0.2) is 92.7 Å². The maximum Gasteiger partial charge on any atom is 0.490 e. The van der Waals surface area contributed by atoms with Gasteiger partial charge >= 0.3 is 24.3 Å². The van der Waals surface area contributed by atoms with Gasteiger partial charge < -0.3 is 19.8 Å². The Balaban J connectivity index is 0.000000317. The molecule has 0 bridgehead atoms. The van der Waals surface area contributed by atoms with Crippen molar-refractivity contribution in [2.24, 2.45) is 0 Å². The molecule has 4 rings (SSSR count). The quantitative estimate of drug-likeness (QED) is 0.512. The van der Waals surface area contributed by atoms with E-state index in [2.05, 4.69) is 30.1 Å². The Morgan fingerprint density at radius 2 is 1.54 bits per heavy atom. The summed E-state index contributed by atoms with van der Waals surface area (Å²) >= 11 is 1.70. The SMILES string of the molecule is Cc1nc(CN2CCC3(CC2)CN(c2ncc(F)cn2)CCO3)cs1.O=C(O)C(F)(F)F.O=C(O)C(F)(F)F. The Kier molecular flexibility index (Phi) is 10.9.